The van der Waals surface area contributed by atoms with Gasteiger partial charge in [0.05, 0.1) is 0 Å². The summed E-state index contributed by atoms with van der Waals surface area (Å²) in [6.45, 7) is 0.0347. The first-order valence-electron chi connectivity index (χ1n) is 4.69. The molecule has 1 aromatic rings. The van der Waals surface area contributed by atoms with Crippen molar-refractivity contribution in [1.29, 1.82) is 0 Å². The van der Waals surface area contributed by atoms with Gasteiger partial charge in [0.2, 0.25) is 15.9 Å². The molecule has 1 aliphatic rings. The molecule has 1 aromatic heterocycles. The van der Waals surface area contributed by atoms with Crippen LogP contribution >= 0.6 is 22.6 Å². The van der Waals surface area contributed by atoms with Gasteiger partial charge in [0, 0.05) is 13.0 Å². The molecule has 1 saturated heterocycles. The molecule has 0 aliphatic carbocycles. The predicted molar refractivity (Wildman–Crippen MR) is 68.6 cm³/mol. The van der Waals surface area contributed by atoms with Crippen molar-refractivity contribution in [3.05, 3.63) is 15.8 Å². The van der Waals surface area contributed by atoms with Crippen LogP contribution in [0.25, 0.3) is 0 Å². The molecular formula is C8H9IN4O3S. The summed E-state index contributed by atoms with van der Waals surface area (Å²) in [5, 5.41) is 11.8. The van der Waals surface area contributed by atoms with E-state index in [1.807, 2.05) is 22.6 Å². The second-order valence-corrected chi connectivity index (χ2v) is 6.58. The molecule has 1 aliphatic heterocycles. The highest BCUT2D eigenvalue weighted by Gasteiger charge is 2.37. The van der Waals surface area contributed by atoms with Crippen molar-refractivity contribution >= 4 is 44.3 Å². The van der Waals surface area contributed by atoms with Crippen LogP contribution in [0.5, 0.6) is 0 Å². The lowest BCUT2D eigenvalue weighted by atomic mass is 10.4. The Bertz CT molecular complexity index is 544. The fourth-order valence-electron chi connectivity index (χ4n) is 1.57. The number of anilines is 1. The monoisotopic (exact) mass is 368 g/mol. The third-order valence-corrected chi connectivity index (χ3v) is 4.27. The first-order valence-corrected chi connectivity index (χ1v) is 7.38. The number of sulfonamides is 1. The summed E-state index contributed by atoms with van der Waals surface area (Å²) in [6.07, 6.45) is -0.105. The highest BCUT2D eigenvalue weighted by Crippen LogP contribution is 2.22. The summed E-state index contributed by atoms with van der Waals surface area (Å²) in [4.78, 5) is 12.9. The molecule has 1 atom stereocenters. The first-order chi connectivity index (χ1) is 7.88. The minimum atomic E-state index is -3.70. The Balaban J connectivity index is 2.24. The van der Waals surface area contributed by atoms with Crippen molar-refractivity contribution in [1.82, 2.24) is 10.2 Å². The van der Waals surface area contributed by atoms with Gasteiger partial charge >= 0.3 is 0 Å². The maximum Gasteiger partial charge on any atom is 0.229 e. The van der Waals surface area contributed by atoms with Crippen LogP contribution in [0.3, 0.4) is 0 Å². The van der Waals surface area contributed by atoms with Crippen LogP contribution < -0.4 is 10.0 Å². The van der Waals surface area contributed by atoms with Crippen LogP contribution in [0.15, 0.2) is 12.1 Å². The molecule has 7 nitrogen and oxygen atoms in total. The van der Waals surface area contributed by atoms with Gasteiger partial charge in [-0.1, -0.05) is 0 Å². The molecule has 1 fully saturated rings. The lowest BCUT2D eigenvalue weighted by molar-refractivity contribution is -0.117. The Morgan fingerprint density at radius 2 is 2.12 bits per heavy atom. The second-order valence-electron chi connectivity index (χ2n) is 3.63. The van der Waals surface area contributed by atoms with Gasteiger partial charge in [0.1, 0.15) is 8.95 Å². The summed E-state index contributed by atoms with van der Waals surface area (Å²) in [7, 11) is -3.70. The zero-order chi connectivity index (χ0) is 12.6. The standard InChI is InChI=1S/C8H9IN4O3S/c9-6-1-2-7(12-11-6)13-4-5(3-8(13)14)17(10,15)16/h1-2,5H,3-4H2,(H2,10,15,16). The summed E-state index contributed by atoms with van der Waals surface area (Å²) >= 11 is 1.99. The lowest BCUT2D eigenvalue weighted by Gasteiger charge is -2.13. The number of hydrogen-bond acceptors (Lipinski definition) is 5. The van der Waals surface area contributed by atoms with Gasteiger partial charge < -0.3 is 0 Å². The summed E-state index contributed by atoms with van der Waals surface area (Å²) in [5.74, 6) is 0.0427. The molecule has 2 heterocycles. The fraction of sp³-hybridized carbons (Fsp3) is 0.375. The third-order valence-electron chi connectivity index (χ3n) is 2.45. The van der Waals surface area contributed by atoms with Crippen molar-refractivity contribution in [2.75, 3.05) is 11.4 Å². The van der Waals surface area contributed by atoms with Crippen molar-refractivity contribution in [2.45, 2.75) is 11.7 Å². The normalized spacial score (nSPS) is 20.9. The molecule has 2 rings (SSSR count). The Kier molecular flexibility index (Phi) is 3.32. The van der Waals surface area contributed by atoms with Crippen molar-refractivity contribution in [2.24, 2.45) is 5.14 Å². The van der Waals surface area contributed by atoms with E-state index in [0.29, 0.717) is 9.52 Å². The van der Waals surface area contributed by atoms with E-state index in [2.05, 4.69) is 10.2 Å². The fourth-order valence-corrected chi connectivity index (χ4v) is 2.59. The number of aromatic nitrogens is 2. The number of halogens is 1. The van der Waals surface area contributed by atoms with Gasteiger partial charge in [-0.25, -0.2) is 13.6 Å². The minimum absolute atomic E-state index is 0.0347. The van der Waals surface area contributed by atoms with E-state index in [1.54, 1.807) is 12.1 Å². The van der Waals surface area contributed by atoms with Crippen molar-refractivity contribution in [3.8, 4) is 0 Å². The zero-order valence-electron chi connectivity index (χ0n) is 8.58. The molecule has 1 unspecified atom stereocenters. The molecule has 1 amide bonds. The van der Waals surface area contributed by atoms with Crippen LogP contribution in [0, 0.1) is 3.70 Å². The van der Waals surface area contributed by atoms with Gasteiger partial charge in [-0.15, -0.1) is 10.2 Å². The zero-order valence-corrected chi connectivity index (χ0v) is 11.6. The number of amides is 1. The van der Waals surface area contributed by atoms with Gasteiger partial charge in [-0.2, -0.15) is 0 Å². The average molecular weight is 368 g/mol. The third kappa shape index (κ3) is 2.72. The number of rotatable bonds is 2. The van der Waals surface area contributed by atoms with Gasteiger partial charge in [0.15, 0.2) is 5.82 Å². The molecule has 0 radical (unpaired) electrons. The Morgan fingerprint density at radius 3 is 2.59 bits per heavy atom. The van der Waals surface area contributed by atoms with Crippen LogP contribution in [0.1, 0.15) is 6.42 Å². The van der Waals surface area contributed by atoms with E-state index < -0.39 is 15.3 Å². The molecule has 9 heteroatoms. The average Bonchev–Trinajstić information content (AvgIpc) is 2.61. The van der Waals surface area contributed by atoms with Gasteiger partial charge in [-0.05, 0) is 34.7 Å². The van der Waals surface area contributed by atoms with Crippen molar-refractivity contribution < 1.29 is 13.2 Å². The summed E-state index contributed by atoms with van der Waals surface area (Å²) in [6, 6.07) is 3.32. The van der Waals surface area contributed by atoms with Crippen LogP contribution in [-0.2, 0) is 14.8 Å². The smallest absolute Gasteiger partial charge is 0.229 e. The molecule has 17 heavy (non-hydrogen) atoms. The van der Waals surface area contributed by atoms with Crippen LogP contribution in [0.2, 0.25) is 0 Å². The van der Waals surface area contributed by atoms with Gasteiger partial charge in [0.25, 0.3) is 0 Å². The highest BCUT2D eigenvalue weighted by molar-refractivity contribution is 14.1. The van der Waals surface area contributed by atoms with E-state index in [0.717, 1.165) is 0 Å². The number of carbonyl (C=O) groups excluding carboxylic acids is 1. The van der Waals surface area contributed by atoms with Crippen LogP contribution in [-0.4, -0.2) is 36.3 Å². The molecule has 0 bridgehead atoms. The maximum absolute atomic E-state index is 11.7. The van der Waals surface area contributed by atoms with E-state index in [-0.39, 0.29) is 18.9 Å². The predicted octanol–water partition coefficient (Wildman–Crippen LogP) is -0.525. The lowest BCUT2D eigenvalue weighted by Crippen LogP contribution is -2.32. The quantitative estimate of drug-likeness (QED) is 0.707. The Labute approximate surface area is 112 Å². The highest BCUT2D eigenvalue weighted by atomic mass is 127. The number of carbonyl (C=O) groups is 1. The molecule has 92 valence electrons. The SMILES string of the molecule is NS(=O)(=O)C1CC(=O)N(c2ccc(I)nn2)C1. The Morgan fingerprint density at radius 1 is 1.41 bits per heavy atom. The largest absolute Gasteiger partial charge is 0.294 e. The van der Waals surface area contributed by atoms with E-state index in [1.165, 1.54) is 4.90 Å². The molecule has 0 spiro atoms. The minimum Gasteiger partial charge on any atom is -0.294 e. The van der Waals surface area contributed by atoms with E-state index >= 15 is 0 Å². The number of nitrogens with zero attached hydrogens (tertiary/aromatic N) is 3. The number of primary sulfonamides is 1. The van der Waals surface area contributed by atoms with Crippen LogP contribution in [0.4, 0.5) is 5.82 Å². The number of nitrogens with two attached hydrogens (primary N) is 1. The molecular weight excluding hydrogens is 359 g/mol. The second kappa shape index (κ2) is 4.46. The van der Waals surface area contributed by atoms with E-state index in [4.69, 9.17) is 5.14 Å². The Hall–Kier alpha value is -0.810. The van der Waals surface area contributed by atoms with E-state index in [9.17, 15) is 13.2 Å². The first kappa shape index (κ1) is 12.6. The molecule has 2 N–H and O–H groups in total. The summed E-state index contributed by atoms with van der Waals surface area (Å²) < 4.78 is 23.0. The maximum atomic E-state index is 11.7. The van der Waals surface area contributed by atoms with Crippen molar-refractivity contribution in [3.63, 3.8) is 0 Å². The molecule has 0 saturated carbocycles. The molecule has 0 aromatic carbocycles. The topological polar surface area (TPSA) is 106 Å². The van der Waals surface area contributed by atoms with Gasteiger partial charge in [-0.3, -0.25) is 9.69 Å². The number of hydrogen-bond donors (Lipinski definition) is 1. The summed E-state index contributed by atoms with van der Waals surface area (Å²) in [5.41, 5.74) is 0.